The molecule has 23 heavy (non-hydrogen) atoms. The fourth-order valence-corrected chi connectivity index (χ4v) is 4.18. The minimum atomic E-state index is -3.23. The van der Waals surface area contributed by atoms with Crippen LogP contribution in [0.3, 0.4) is 0 Å². The van der Waals surface area contributed by atoms with Crippen LogP contribution in [0, 0.1) is 5.92 Å². The molecular formula is C15H25N3O4S. The van der Waals surface area contributed by atoms with Gasteiger partial charge in [-0.05, 0) is 18.8 Å². The number of fused-ring (bicyclic) bond motifs is 1. The fraction of sp³-hybridized carbons (Fsp3) is 0.800. The lowest BCUT2D eigenvalue weighted by Gasteiger charge is -2.31. The summed E-state index contributed by atoms with van der Waals surface area (Å²) in [6.45, 7) is 3.67. The van der Waals surface area contributed by atoms with Gasteiger partial charge in [-0.15, -0.1) is 0 Å². The predicted molar refractivity (Wildman–Crippen MR) is 85.6 cm³/mol. The first-order valence-corrected chi connectivity index (χ1v) is 9.90. The summed E-state index contributed by atoms with van der Waals surface area (Å²) in [7, 11) is -1.27. The highest BCUT2D eigenvalue weighted by Gasteiger charge is 2.33. The standard InChI is InChI=1S/C15H25N3O4S/c1-17-11-16-14-8-18(23(2,19)20)7-13(15(14)17)10-22-9-12-3-5-21-6-4-12/h11-13H,3-10H2,1-2H3/t13-/m0/s1. The van der Waals surface area contributed by atoms with Crippen molar-refractivity contribution in [2.45, 2.75) is 25.3 Å². The molecule has 1 atom stereocenters. The van der Waals surface area contributed by atoms with E-state index >= 15 is 0 Å². The molecular weight excluding hydrogens is 318 g/mol. The zero-order valence-electron chi connectivity index (χ0n) is 13.8. The normalized spacial score (nSPS) is 23.8. The van der Waals surface area contributed by atoms with Gasteiger partial charge in [0.2, 0.25) is 10.0 Å². The van der Waals surface area contributed by atoms with Crippen LogP contribution in [0.2, 0.25) is 0 Å². The molecule has 3 rings (SSSR count). The van der Waals surface area contributed by atoms with Crippen LogP contribution in [0.1, 0.15) is 30.1 Å². The number of aryl methyl sites for hydroxylation is 1. The topological polar surface area (TPSA) is 73.7 Å². The van der Waals surface area contributed by atoms with Crippen molar-refractivity contribution in [1.29, 1.82) is 0 Å². The Kier molecular flexibility index (Phi) is 5.05. The molecule has 3 heterocycles. The summed E-state index contributed by atoms with van der Waals surface area (Å²) in [5, 5.41) is 0. The van der Waals surface area contributed by atoms with Gasteiger partial charge >= 0.3 is 0 Å². The number of rotatable bonds is 5. The largest absolute Gasteiger partial charge is 0.381 e. The van der Waals surface area contributed by atoms with Gasteiger partial charge in [-0.1, -0.05) is 0 Å². The summed E-state index contributed by atoms with van der Waals surface area (Å²) in [6, 6.07) is 0. The third-order valence-corrected chi connectivity index (χ3v) is 5.90. The molecule has 0 unspecified atom stereocenters. The Morgan fingerprint density at radius 2 is 2.09 bits per heavy atom. The maximum atomic E-state index is 11.9. The summed E-state index contributed by atoms with van der Waals surface area (Å²) >= 11 is 0. The van der Waals surface area contributed by atoms with Gasteiger partial charge in [0.15, 0.2) is 0 Å². The molecule has 130 valence electrons. The SMILES string of the molecule is Cn1cnc2c1[C@H](COCC1CCOCC1)CN(S(C)(=O)=O)C2. The van der Waals surface area contributed by atoms with Gasteiger partial charge in [0.25, 0.3) is 0 Å². The molecule has 0 spiro atoms. The molecule has 0 amide bonds. The Hall–Kier alpha value is -0.960. The van der Waals surface area contributed by atoms with Crippen molar-refractivity contribution >= 4 is 10.0 Å². The minimum absolute atomic E-state index is 0.0285. The number of imidazole rings is 1. The Bertz CT molecular complexity index is 637. The van der Waals surface area contributed by atoms with E-state index in [9.17, 15) is 8.42 Å². The van der Waals surface area contributed by atoms with E-state index in [1.165, 1.54) is 10.6 Å². The van der Waals surface area contributed by atoms with Crippen LogP contribution in [0.15, 0.2) is 6.33 Å². The van der Waals surface area contributed by atoms with E-state index in [1.54, 1.807) is 6.33 Å². The van der Waals surface area contributed by atoms with Crippen molar-refractivity contribution in [2.75, 3.05) is 39.2 Å². The molecule has 0 bridgehead atoms. The van der Waals surface area contributed by atoms with Crippen LogP contribution in [0.4, 0.5) is 0 Å². The van der Waals surface area contributed by atoms with E-state index in [0.29, 0.717) is 32.2 Å². The molecule has 0 radical (unpaired) electrons. The third kappa shape index (κ3) is 3.93. The van der Waals surface area contributed by atoms with Crippen LogP contribution >= 0.6 is 0 Å². The van der Waals surface area contributed by atoms with Gasteiger partial charge in [0.1, 0.15) is 0 Å². The smallest absolute Gasteiger partial charge is 0.211 e. The molecule has 0 aromatic carbocycles. The molecule has 8 heteroatoms. The number of hydrogen-bond donors (Lipinski definition) is 0. The minimum Gasteiger partial charge on any atom is -0.381 e. The summed E-state index contributed by atoms with van der Waals surface area (Å²) < 4.78 is 38.6. The van der Waals surface area contributed by atoms with Gasteiger partial charge in [0.05, 0.1) is 31.4 Å². The number of ether oxygens (including phenoxy) is 2. The van der Waals surface area contributed by atoms with Crippen molar-refractivity contribution in [3.63, 3.8) is 0 Å². The first kappa shape index (κ1) is 16.9. The number of nitrogens with zero attached hydrogens (tertiary/aromatic N) is 3. The molecule has 1 fully saturated rings. The van der Waals surface area contributed by atoms with Crippen molar-refractivity contribution in [3.05, 3.63) is 17.7 Å². The molecule has 2 aliphatic rings. The summed E-state index contributed by atoms with van der Waals surface area (Å²) in [5.41, 5.74) is 1.93. The van der Waals surface area contributed by atoms with E-state index in [-0.39, 0.29) is 5.92 Å². The van der Waals surface area contributed by atoms with Crippen LogP contribution in [0.5, 0.6) is 0 Å². The first-order chi connectivity index (χ1) is 10.9. The Morgan fingerprint density at radius 1 is 1.35 bits per heavy atom. The van der Waals surface area contributed by atoms with Crippen molar-refractivity contribution < 1.29 is 17.9 Å². The van der Waals surface area contributed by atoms with Gasteiger partial charge in [0, 0.05) is 45.0 Å². The van der Waals surface area contributed by atoms with Crippen molar-refractivity contribution in [1.82, 2.24) is 13.9 Å². The second kappa shape index (κ2) is 6.88. The quantitative estimate of drug-likeness (QED) is 0.788. The lowest BCUT2D eigenvalue weighted by atomic mass is 10.00. The molecule has 0 N–H and O–H groups in total. The van der Waals surface area contributed by atoms with Crippen molar-refractivity contribution in [2.24, 2.45) is 13.0 Å². The summed E-state index contributed by atoms with van der Waals surface area (Å²) in [4.78, 5) is 4.35. The average molecular weight is 343 g/mol. The number of sulfonamides is 1. The zero-order valence-corrected chi connectivity index (χ0v) is 14.6. The van der Waals surface area contributed by atoms with E-state index < -0.39 is 10.0 Å². The van der Waals surface area contributed by atoms with E-state index in [0.717, 1.165) is 37.4 Å². The van der Waals surface area contributed by atoms with E-state index in [1.807, 2.05) is 11.6 Å². The highest BCUT2D eigenvalue weighted by molar-refractivity contribution is 7.88. The molecule has 2 aliphatic heterocycles. The Balaban J connectivity index is 1.65. The Morgan fingerprint density at radius 3 is 2.78 bits per heavy atom. The zero-order chi connectivity index (χ0) is 16.4. The fourth-order valence-electron chi connectivity index (χ4n) is 3.37. The first-order valence-electron chi connectivity index (χ1n) is 8.06. The summed E-state index contributed by atoms with van der Waals surface area (Å²) in [5.74, 6) is 0.574. The van der Waals surface area contributed by atoms with E-state index in [2.05, 4.69) is 4.98 Å². The van der Waals surface area contributed by atoms with Gasteiger partial charge in [-0.2, -0.15) is 4.31 Å². The predicted octanol–water partition coefficient (Wildman–Crippen LogP) is 0.722. The van der Waals surface area contributed by atoms with Gasteiger partial charge < -0.3 is 14.0 Å². The maximum absolute atomic E-state index is 11.9. The van der Waals surface area contributed by atoms with Crippen LogP contribution in [-0.4, -0.2) is 61.5 Å². The van der Waals surface area contributed by atoms with Gasteiger partial charge in [-0.3, -0.25) is 0 Å². The van der Waals surface area contributed by atoms with Crippen molar-refractivity contribution in [3.8, 4) is 0 Å². The van der Waals surface area contributed by atoms with Crippen LogP contribution in [-0.2, 0) is 33.1 Å². The van der Waals surface area contributed by atoms with Crippen LogP contribution < -0.4 is 0 Å². The van der Waals surface area contributed by atoms with E-state index in [4.69, 9.17) is 9.47 Å². The molecule has 1 saturated heterocycles. The second-order valence-electron chi connectivity index (χ2n) is 6.53. The molecule has 7 nitrogen and oxygen atoms in total. The molecule has 1 aromatic heterocycles. The number of aromatic nitrogens is 2. The lowest BCUT2D eigenvalue weighted by molar-refractivity contribution is 0.0150. The monoisotopic (exact) mass is 343 g/mol. The van der Waals surface area contributed by atoms with Gasteiger partial charge in [-0.25, -0.2) is 13.4 Å². The average Bonchev–Trinajstić information content (AvgIpc) is 2.89. The number of hydrogen-bond acceptors (Lipinski definition) is 5. The lowest BCUT2D eigenvalue weighted by Crippen LogP contribution is -2.39. The second-order valence-corrected chi connectivity index (χ2v) is 8.52. The molecule has 0 saturated carbocycles. The highest BCUT2D eigenvalue weighted by Crippen LogP contribution is 2.29. The highest BCUT2D eigenvalue weighted by atomic mass is 32.2. The third-order valence-electron chi connectivity index (χ3n) is 4.68. The van der Waals surface area contributed by atoms with Crippen LogP contribution in [0.25, 0.3) is 0 Å². The molecule has 0 aliphatic carbocycles. The Labute approximate surface area is 137 Å². The summed E-state index contributed by atoms with van der Waals surface area (Å²) in [6.07, 6.45) is 5.08. The maximum Gasteiger partial charge on any atom is 0.211 e. The molecule has 1 aromatic rings.